The lowest BCUT2D eigenvalue weighted by atomic mass is 10.0. The van der Waals surface area contributed by atoms with Crippen LogP contribution in [0.5, 0.6) is 0 Å². The second-order valence-corrected chi connectivity index (χ2v) is 5.28. The number of ketones is 1. The van der Waals surface area contributed by atoms with Crippen LogP contribution in [0.15, 0.2) is 24.3 Å². The molecule has 1 unspecified atom stereocenters. The Morgan fingerprint density at radius 3 is 2.47 bits per heavy atom. The van der Waals surface area contributed by atoms with Gasteiger partial charge < -0.3 is 0 Å². The summed E-state index contributed by atoms with van der Waals surface area (Å²) in [6.45, 7) is 3.74. The fourth-order valence-electron chi connectivity index (χ4n) is 2.51. The van der Waals surface area contributed by atoms with Crippen molar-refractivity contribution in [1.82, 2.24) is 4.90 Å². The Morgan fingerprint density at radius 1 is 1.26 bits per heavy atom. The Balaban J connectivity index is 1.87. The number of hydrogen-bond donors (Lipinski definition) is 0. The summed E-state index contributed by atoms with van der Waals surface area (Å²) in [4.78, 5) is 13.5. The second kappa shape index (κ2) is 6.54. The normalized spacial score (nSPS) is 18.0. The van der Waals surface area contributed by atoms with E-state index in [0.717, 1.165) is 25.9 Å². The van der Waals surface area contributed by atoms with Crippen LogP contribution in [0.1, 0.15) is 30.4 Å². The lowest BCUT2D eigenvalue weighted by Crippen LogP contribution is -2.41. The number of benzene rings is 1. The first-order valence-electron chi connectivity index (χ1n) is 6.96. The Kier molecular flexibility index (Phi) is 4.76. The highest BCUT2D eigenvalue weighted by molar-refractivity contribution is 5.79. The maximum Gasteiger partial charge on any atom is 0.135 e. The van der Waals surface area contributed by atoms with Crippen molar-refractivity contribution in [2.75, 3.05) is 13.1 Å². The van der Waals surface area contributed by atoms with Crippen LogP contribution < -0.4 is 0 Å². The third-order valence-electron chi connectivity index (χ3n) is 3.82. The zero-order valence-electron chi connectivity index (χ0n) is 11.6. The molecule has 1 fully saturated rings. The molecule has 0 bridgehead atoms. The minimum Gasteiger partial charge on any atom is -0.300 e. The maximum absolute atomic E-state index is 11.3. The highest BCUT2D eigenvalue weighted by atomic mass is 16.1. The van der Waals surface area contributed by atoms with Gasteiger partial charge in [-0.3, -0.25) is 9.69 Å². The Bertz CT molecular complexity index is 459. The molecule has 0 amide bonds. The second-order valence-electron chi connectivity index (χ2n) is 5.28. The molecule has 0 N–H and O–H groups in total. The number of Topliss-reactive ketones (excluding diaryl/α,β-unsaturated/α-hetero) is 1. The molecule has 0 saturated carbocycles. The smallest absolute Gasteiger partial charge is 0.135 e. The van der Waals surface area contributed by atoms with Crippen molar-refractivity contribution < 1.29 is 4.79 Å². The molecule has 1 aromatic rings. The summed E-state index contributed by atoms with van der Waals surface area (Å²) in [6, 6.07) is 8.78. The van der Waals surface area contributed by atoms with Gasteiger partial charge in [-0.05, 0) is 25.3 Å². The molecule has 1 saturated heterocycles. The van der Waals surface area contributed by atoms with E-state index < -0.39 is 0 Å². The first kappa shape index (κ1) is 13.8. The van der Waals surface area contributed by atoms with Crippen LogP contribution in [-0.4, -0.2) is 29.8 Å². The van der Waals surface area contributed by atoms with E-state index in [-0.39, 0.29) is 6.04 Å². The summed E-state index contributed by atoms with van der Waals surface area (Å²) in [7, 11) is 0. The van der Waals surface area contributed by atoms with Gasteiger partial charge in [-0.1, -0.05) is 35.7 Å². The number of carbonyl (C=O) groups is 1. The molecule has 2 nitrogen and oxygen atoms in total. The predicted octanol–water partition coefficient (Wildman–Crippen LogP) is 2.59. The molecular formula is C17H21NO. The van der Waals surface area contributed by atoms with Crippen molar-refractivity contribution in [3.8, 4) is 12.3 Å². The number of hydrogen-bond acceptors (Lipinski definition) is 2. The van der Waals surface area contributed by atoms with Gasteiger partial charge in [0.05, 0.1) is 6.04 Å². The minimum absolute atomic E-state index is 0.161. The average molecular weight is 255 g/mol. The summed E-state index contributed by atoms with van der Waals surface area (Å²) in [6.07, 6.45) is 8.93. The molecule has 0 aromatic heterocycles. The fourth-order valence-corrected chi connectivity index (χ4v) is 2.51. The summed E-state index contributed by atoms with van der Waals surface area (Å²) in [5.41, 5.74) is 2.62. The Morgan fingerprint density at radius 2 is 1.89 bits per heavy atom. The molecule has 1 aliphatic heterocycles. The molecule has 0 spiro atoms. The zero-order chi connectivity index (χ0) is 13.7. The summed E-state index contributed by atoms with van der Waals surface area (Å²) in [5.74, 6) is 3.25. The van der Waals surface area contributed by atoms with Crippen LogP contribution in [0.4, 0.5) is 0 Å². The first-order chi connectivity index (χ1) is 9.19. The number of rotatable bonds is 4. The topological polar surface area (TPSA) is 20.3 Å². The van der Waals surface area contributed by atoms with Gasteiger partial charge in [-0.15, -0.1) is 6.42 Å². The van der Waals surface area contributed by atoms with Crippen LogP contribution in [0.25, 0.3) is 0 Å². The van der Waals surface area contributed by atoms with E-state index in [1.807, 2.05) is 0 Å². The molecule has 100 valence electrons. The van der Waals surface area contributed by atoms with E-state index in [1.165, 1.54) is 11.1 Å². The molecule has 1 atom stereocenters. The highest BCUT2D eigenvalue weighted by Crippen LogP contribution is 2.15. The van der Waals surface area contributed by atoms with Gasteiger partial charge in [0.15, 0.2) is 0 Å². The maximum atomic E-state index is 11.3. The van der Waals surface area contributed by atoms with Gasteiger partial charge >= 0.3 is 0 Å². The van der Waals surface area contributed by atoms with Gasteiger partial charge in [0.2, 0.25) is 0 Å². The SMILES string of the molecule is C#CC(CCc1ccc(C)cc1)N1CCC(=O)CC1. The Labute approximate surface area is 115 Å². The van der Waals surface area contributed by atoms with E-state index in [2.05, 4.69) is 42.0 Å². The van der Waals surface area contributed by atoms with Crippen molar-refractivity contribution in [1.29, 1.82) is 0 Å². The van der Waals surface area contributed by atoms with E-state index in [1.54, 1.807) is 0 Å². The minimum atomic E-state index is 0.161. The monoisotopic (exact) mass is 255 g/mol. The van der Waals surface area contributed by atoms with Crippen LogP contribution in [0, 0.1) is 19.3 Å². The molecular weight excluding hydrogens is 234 g/mol. The van der Waals surface area contributed by atoms with Crippen LogP contribution >= 0.6 is 0 Å². The lowest BCUT2D eigenvalue weighted by molar-refractivity contribution is -0.121. The molecule has 1 heterocycles. The fraction of sp³-hybridized carbons (Fsp3) is 0.471. The largest absolute Gasteiger partial charge is 0.300 e. The number of aryl methyl sites for hydroxylation is 2. The van der Waals surface area contributed by atoms with Gasteiger partial charge in [-0.2, -0.15) is 0 Å². The Hall–Kier alpha value is -1.59. The molecule has 1 aliphatic rings. The van der Waals surface area contributed by atoms with Crippen molar-refractivity contribution in [2.45, 2.75) is 38.6 Å². The van der Waals surface area contributed by atoms with Gasteiger partial charge in [0, 0.05) is 25.9 Å². The first-order valence-corrected chi connectivity index (χ1v) is 6.96. The van der Waals surface area contributed by atoms with Crippen molar-refractivity contribution in [2.24, 2.45) is 0 Å². The lowest BCUT2D eigenvalue weighted by Gasteiger charge is -2.31. The van der Waals surface area contributed by atoms with Crippen LogP contribution in [0.2, 0.25) is 0 Å². The predicted molar refractivity (Wildman–Crippen MR) is 77.9 cm³/mol. The average Bonchev–Trinajstić information content (AvgIpc) is 2.43. The van der Waals surface area contributed by atoms with E-state index in [4.69, 9.17) is 6.42 Å². The standard InChI is InChI=1S/C17H21NO/c1-3-16(18-12-10-17(19)11-13-18)9-8-15-6-4-14(2)5-7-15/h1,4-7,16H,8-13H2,2H3. The van der Waals surface area contributed by atoms with Gasteiger partial charge in [0.25, 0.3) is 0 Å². The van der Waals surface area contributed by atoms with E-state index >= 15 is 0 Å². The third kappa shape index (κ3) is 3.94. The molecule has 0 radical (unpaired) electrons. The van der Waals surface area contributed by atoms with Crippen molar-refractivity contribution in [3.05, 3.63) is 35.4 Å². The van der Waals surface area contributed by atoms with Crippen molar-refractivity contribution in [3.63, 3.8) is 0 Å². The number of carbonyl (C=O) groups excluding carboxylic acids is 1. The third-order valence-corrected chi connectivity index (χ3v) is 3.82. The van der Waals surface area contributed by atoms with E-state index in [9.17, 15) is 4.79 Å². The van der Waals surface area contributed by atoms with Crippen LogP contribution in [-0.2, 0) is 11.2 Å². The quantitative estimate of drug-likeness (QED) is 0.771. The molecule has 1 aromatic carbocycles. The number of nitrogens with zero attached hydrogens (tertiary/aromatic N) is 1. The van der Waals surface area contributed by atoms with Gasteiger partial charge in [0.1, 0.15) is 5.78 Å². The number of terminal acetylenes is 1. The molecule has 2 heteroatoms. The summed E-state index contributed by atoms with van der Waals surface area (Å²) >= 11 is 0. The van der Waals surface area contributed by atoms with Gasteiger partial charge in [-0.25, -0.2) is 0 Å². The van der Waals surface area contributed by atoms with Crippen LogP contribution in [0.3, 0.4) is 0 Å². The molecule has 0 aliphatic carbocycles. The summed E-state index contributed by atoms with van der Waals surface area (Å²) < 4.78 is 0. The highest BCUT2D eigenvalue weighted by Gasteiger charge is 2.21. The molecule has 19 heavy (non-hydrogen) atoms. The zero-order valence-corrected chi connectivity index (χ0v) is 11.6. The number of piperidine rings is 1. The number of likely N-dealkylation sites (tertiary alicyclic amines) is 1. The summed E-state index contributed by atoms with van der Waals surface area (Å²) in [5, 5.41) is 0. The van der Waals surface area contributed by atoms with Crippen molar-refractivity contribution >= 4 is 5.78 Å². The van der Waals surface area contributed by atoms with E-state index in [0.29, 0.717) is 18.6 Å². The molecule has 2 rings (SSSR count).